The van der Waals surface area contributed by atoms with E-state index in [1.807, 2.05) is 0 Å². The summed E-state index contributed by atoms with van der Waals surface area (Å²) in [5, 5.41) is 3.06. The molecule has 1 aliphatic carbocycles. The van der Waals surface area contributed by atoms with Crippen LogP contribution in [0.4, 0.5) is 0 Å². The Morgan fingerprint density at radius 3 is 2.11 bits per heavy atom. The van der Waals surface area contributed by atoms with Gasteiger partial charge in [-0.1, -0.05) is 0 Å². The fraction of sp³-hybridized carbons (Fsp3) is 0.933. The Bertz CT molecular complexity index is 290. The SMILES string of the molecule is CC(=O)NC1CCC(N2CCN(C(C)C)CC2)CC1. The molecule has 0 aromatic heterocycles. The van der Waals surface area contributed by atoms with Crippen molar-refractivity contribution in [2.75, 3.05) is 26.2 Å². The molecule has 19 heavy (non-hydrogen) atoms. The summed E-state index contributed by atoms with van der Waals surface area (Å²) in [6.07, 6.45) is 4.78. The highest BCUT2D eigenvalue weighted by Gasteiger charge is 2.28. The number of rotatable bonds is 3. The number of piperazine rings is 1. The van der Waals surface area contributed by atoms with Gasteiger partial charge in [0.1, 0.15) is 0 Å². The highest BCUT2D eigenvalue weighted by molar-refractivity contribution is 5.73. The van der Waals surface area contributed by atoms with Crippen LogP contribution >= 0.6 is 0 Å². The molecule has 4 nitrogen and oxygen atoms in total. The minimum atomic E-state index is 0.119. The Morgan fingerprint density at radius 2 is 1.63 bits per heavy atom. The molecule has 2 aliphatic rings. The monoisotopic (exact) mass is 267 g/mol. The summed E-state index contributed by atoms with van der Waals surface area (Å²) >= 11 is 0. The van der Waals surface area contributed by atoms with E-state index in [4.69, 9.17) is 0 Å². The van der Waals surface area contributed by atoms with Crippen molar-refractivity contribution >= 4 is 5.91 Å². The van der Waals surface area contributed by atoms with Crippen molar-refractivity contribution in [2.45, 2.75) is 64.6 Å². The summed E-state index contributed by atoms with van der Waals surface area (Å²) in [6, 6.07) is 1.85. The van der Waals surface area contributed by atoms with E-state index in [0.29, 0.717) is 12.1 Å². The first kappa shape index (κ1) is 14.8. The Kier molecular flexibility index (Phi) is 5.22. The molecule has 1 amide bonds. The summed E-state index contributed by atoms with van der Waals surface area (Å²) in [5.41, 5.74) is 0. The van der Waals surface area contributed by atoms with Gasteiger partial charge >= 0.3 is 0 Å². The molecule has 1 saturated heterocycles. The second-order valence-electron chi connectivity index (χ2n) is 6.37. The topological polar surface area (TPSA) is 35.6 Å². The van der Waals surface area contributed by atoms with E-state index in [2.05, 4.69) is 29.0 Å². The maximum Gasteiger partial charge on any atom is 0.217 e. The zero-order valence-corrected chi connectivity index (χ0v) is 12.7. The maximum atomic E-state index is 11.1. The van der Waals surface area contributed by atoms with Gasteiger partial charge in [-0.25, -0.2) is 0 Å². The summed E-state index contributed by atoms with van der Waals surface area (Å²) in [5.74, 6) is 0.119. The lowest BCUT2D eigenvalue weighted by Gasteiger charge is -2.43. The fourth-order valence-electron chi connectivity index (χ4n) is 3.49. The van der Waals surface area contributed by atoms with Crippen LogP contribution < -0.4 is 5.32 Å². The zero-order chi connectivity index (χ0) is 13.8. The van der Waals surface area contributed by atoms with Crippen LogP contribution in [0.2, 0.25) is 0 Å². The van der Waals surface area contributed by atoms with Crippen LogP contribution in [0.5, 0.6) is 0 Å². The van der Waals surface area contributed by atoms with Crippen molar-refractivity contribution in [3.63, 3.8) is 0 Å². The highest BCUT2D eigenvalue weighted by Crippen LogP contribution is 2.24. The van der Waals surface area contributed by atoms with E-state index in [1.165, 1.54) is 39.0 Å². The lowest BCUT2D eigenvalue weighted by Crippen LogP contribution is -2.53. The van der Waals surface area contributed by atoms with Crippen LogP contribution in [-0.4, -0.2) is 60.0 Å². The average molecular weight is 267 g/mol. The van der Waals surface area contributed by atoms with Gasteiger partial charge in [0.05, 0.1) is 0 Å². The fourth-order valence-corrected chi connectivity index (χ4v) is 3.49. The number of carbonyl (C=O) groups excluding carboxylic acids is 1. The molecule has 0 spiro atoms. The van der Waals surface area contributed by atoms with Crippen molar-refractivity contribution < 1.29 is 4.79 Å². The Morgan fingerprint density at radius 1 is 1.05 bits per heavy atom. The van der Waals surface area contributed by atoms with Gasteiger partial charge in [-0.05, 0) is 39.5 Å². The molecule has 1 saturated carbocycles. The molecule has 0 unspecified atom stereocenters. The molecule has 1 heterocycles. The van der Waals surface area contributed by atoms with Crippen molar-refractivity contribution in [3.05, 3.63) is 0 Å². The molecule has 0 aromatic carbocycles. The van der Waals surface area contributed by atoms with Gasteiger partial charge in [0.15, 0.2) is 0 Å². The van der Waals surface area contributed by atoms with Gasteiger partial charge in [0.25, 0.3) is 0 Å². The zero-order valence-electron chi connectivity index (χ0n) is 12.7. The third-order valence-electron chi connectivity index (χ3n) is 4.70. The Labute approximate surface area is 117 Å². The first-order chi connectivity index (χ1) is 9.06. The molecule has 4 heteroatoms. The molecule has 1 N–H and O–H groups in total. The lowest BCUT2D eigenvalue weighted by molar-refractivity contribution is -0.119. The van der Waals surface area contributed by atoms with Crippen LogP contribution in [0.15, 0.2) is 0 Å². The molecule has 0 aromatic rings. The summed E-state index contributed by atoms with van der Waals surface area (Å²) in [4.78, 5) is 16.3. The van der Waals surface area contributed by atoms with E-state index < -0.39 is 0 Å². The molecule has 2 rings (SSSR count). The van der Waals surface area contributed by atoms with Gasteiger partial charge in [-0.15, -0.1) is 0 Å². The number of nitrogens with zero attached hydrogens (tertiary/aromatic N) is 2. The number of hydrogen-bond donors (Lipinski definition) is 1. The largest absolute Gasteiger partial charge is 0.354 e. The Hall–Kier alpha value is -0.610. The van der Waals surface area contributed by atoms with E-state index >= 15 is 0 Å². The van der Waals surface area contributed by atoms with Gasteiger partial charge in [-0.3, -0.25) is 14.6 Å². The molecule has 0 atom stereocenters. The van der Waals surface area contributed by atoms with Crippen molar-refractivity contribution in [1.29, 1.82) is 0 Å². The predicted molar refractivity (Wildman–Crippen MR) is 78.1 cm³/mol. The van der Waals surface area contributed by atoms with E-state index in [1.54, 1.807) is 6.92 Å². The number of carbonyl (C=O) groups is 1. The lowest BCUT2D eigenvalue weighted by atomic mass is 9.89. The molecular formula is C15H29N3O. The average Bonchev–Trinajstić information content (AvgIpc) is 2.39. The standard InChI is InChI=1S/C15H29N3O/c1-12(2)17-8-10-18(11-9-17)15-6-4-14(5-7-15)16-13(3)19/h12,14-15H,4-11H2,1-3H3,(H,16,19). The minimum Gasteiger partial charge on any atom is -0.354 e. The quantitative estimate of drug-likeness (QED) is 0.841. The number of amides is 1. The third-order valence-corrected chi connectivity index (χ3v) is 4.70. The van der Waals surface area contributed by atoms with E-state index in [0.717, 1.165) is 18.9 Å². The molecule has 0 radical (unpaired) electrons. The second-order valence-corrected chi connectivity index (χ2v) is 6.37. The van der Waals surface area contributed by atoms with Crippen LogP contribution in [0.1, 0.15) is 46.5 Å². The normalized spacial score (nSPS) is 30.5. The third kappa shape index (κ3) is 4.18. The first-order valence-corrected chi connectivity index (χ1v) is 7.81. The maximum absolute atomic E-state index is 11.1. The number of hydrogen-bond acceptors (Lipinski definition) is 3. The molecular weight excluding hydrogens is 238 g/mol. The second kappa shape index (κ2) is 6.71. The van der Waals surface area contributed by atoms with E-state index in [9.17, 15) is 4.79 Å². The van der Waals surface area contributed by atoms with Crippen LogP contribution in [0, 0.1) is 0 Å². The van der Waals surface area contributed by atoms with Crippen molar-refractivity contribution in [3.8, 4) is 0 Å². The van der Waals surface area contributed by atoms with Gasteiger partial charge in [0.2, 0.25) is 5.91 Å². The molecule has 110 valence electrons. The summed E-state index contributed by atoms with van der Waals surface area (Å²) in [6.45, 7) is 11.0. The predicted octanol–water partition coefficient (Wildman–Crippen LogP) is 1.46. The Balaban J connectivity index is 1.72. The van der Waals surface area contributed by atoms with Gasteiger partial charge in [0, 0.05) is 51.2 Å². The molecule has 0 bridgehead atoms. The van der Waals surface area contributed by atoms with Gasteiger partial charge in [-0.2, -0.15) is 0 Å². The summed E-state index contributed by atoms with van der Waals surface area (Å²) < 4.78 is 0. The smallest absolute Gasteiger partial charge is 0.217 e. The van der Waals surface area contributed by atoms with E-state index in [-0.39, 0.29) is 5.91 Å². The van der Waals surface area contributed by atoms with Crippen LogP contribution in [0.3, 0.4) is 0 Å². The van der Waals surface area contributed by atoms with Crippen LogP contribution in [0.25, 0.3) is 0 Å². The van der Waals surface area contributed by atoms with Gasteiger partial charge < -0.3 is 5.32 Å². The number of nitrogens with one attached hydrogen (secondary N) is 1. The first-order valence-electron chi connectivity index (χ1n) is 7.81. The highest BCUT2D eigenvalue weighted by atomic mass is 16.1. The van der Waals surface area contributed by atoms with Crippen molar-refractivity contribution in [2.24, 2.45) is 0 Å². The molecule has 1 aliphatic heterocycles. The molecule has 2 fully saturated rings. The summed E-state index contributed by atoms with van der Waals surface area (Å²) in [7, 11) is 0. The minimum absolute atomic E-state index is 0.119. The van der Waals surface area contributed by atoms with Crippen LogP contribution in [-0.2, 0) is 4.79 Å². The van der Waals surface area contributed by atoms with Crippen molar-refractivity contribution in [1.82, 2.24) is 15.1 Å².